The number of rotatable bonds is 3. The van der Waals surface area contributed by atoms with Crippen LogP contribution < -0.4 is 11.1 Å². The number of hydrogen-bond acceptors (Lipinski definition) is 4. The van der Waals surface area contributed by atoms with Gasteiger partial charge in [-0.15, -0.1) is 0 Å². The van der Waals surface area contributed by atoms with Crippen molar-refractivity contribution in [3.63, 3.8) is 0 Å². The summed E-state index contributed by atoms with van der Waals surface area (Å²) in [5.41, 5.74) is 6.64. The molecule has 2 rings (SSSR count). The Labute approximate surface area is 115 Å². The molecule has 0 aliphatic heterocycles. The molecule has 1 heterocycles. The van der Waals surface area contributed by atoms with Crippen molar-refractivity contribution in [2.24, 2.45) is 0 Å². The standard InChI is InChI=1S/C12H12Cl2N4/c1-7(9-3-2-8(13)6-10(9)14)18-12-11(15)16-4-5-17-12/h2-7H,1H3,(H2,15,16)(H,17,18). The third kappa shape index (κ3) is 2.83. The van der Waals surface area contributed by atoms with Gasteiger partial charge in [0.15, 0.2) is 11.6 Å². The molecule has 0 amide bonds. The first-order chi connectivity index (χ1) is 8.58. The van der Waals surface area contributed by atoms with Crippen molar-refractivity contribution in [2.45, 2.75) is 13.0 Å². The molecule has 0 saturated heterocycles. The lowest BCUT2D eigenvalue weighted by atomic mass is 10.1. The molecular weight excluding hydrogens is 271 g/mol. The number of aromatic nitrogens is 2. The summed E-state index contributed by atoms with van der Waals surface area (Å²) in [5.74, 6) is 0.894. The fourth-order valence-electron chi connectivity index (χ4n) is 1.60. The van der Waals surface area contributed by atoms with Crippen molar-refractivity contribution in [2.75, 3.05) is 11.1 Å². The predicted octanol–water partition coefficient (Wildman–Crippen LogP) is 3.54. The first-order valence-corrected chi connectivity index (χ1v) is 6.11. The van der Waals surface area contributed by atoms with Crippen molar-refractivity contribution in [1.29, 1.82) is 0 Å². The molecule has 6 heteroatoms. The highest BCUT2D eigenvalue weighted by atomic mass is 35.5. The Bertz CT molecular complexity index is 560. The van der Waals surface area contributed by atoms with Crippen LogP contribution in [-0.4, -0.2) is 9.97 Å². The zero-order valence-corrected chi connectivity index (χ0v) is 11.2. The van der Waals surface area contributed by atoms with Crippen molar-refractivity contribution in [3.8, 4) is 0 Å². The van der Waals surface area contributed by atoms with Crippen molar-refractivity contribution >= 4 is 34.8 Å². The highest BCUT2D eigenvalue weighted by molar-refractivity contribution is 6.35. The first-order valence-electron chi connectivity index (χ1n) is 5.36. The largest absolute Gasteiger partial charge is 0.381 e. The van der Waals surface area contributed by atoms with Crippen LogP contribution in [0.3, 0.4) is 0 Å². The van der Waals surface area contributed by atoms with E-state index < -0.39 is 0 Å². The van der Waals surface area contributed by atoms with E-state index in [9.17, 15) is 0 Å². The second-order valence-corrected chi connectivity index (χ2v) is 4.67. The minimum absolute atomic E-state index is 0.0474. The number of halogens is 2. The molecule has 18 heavy (non-hydrogen) atoms. The lowest BCUT2D eigenvalue weighted by molar-refractivity contribution is 0.873. The predicted molar refractivity (Wildman–Crippen MR) is 74.9 cm³/mol. The fraction of sp³-hybridized carbons (Fsp3) is 0.167. The number of nitrogens with one attached hydrogen (secondary N) is 1. The van der Waals surface area contributed by atoms with Gasteiger partial charge in [-0.1, -0.05) is 29.3 Å². The minimum Gasteiger partial charge on any atom is -0.381 e. The lowest BCUT2D eigenvalue weighted by Crippen LogP contribution is -2.11. The molecule has 1 unspecified atom stereocenters. The van der Waals surface area contributed by atoms with E-state index in [4.69, 9.17) is 28.9 Å². The summed E-state index contributed by atoms with van der Waals surface area (Å²) in [4.78, 5) is 8.08. The van der Waals surface area contributed by atoms with Crippen molar-refractivity contribution in [1.82, 2.24) is 9.97 Å². The molecule has 0 radical (unpaired) electrons. The molecule has 2 aromatic rings. The van der Waals surface area contributed by atoms with Crippen LogP contribution in [0.25, 0.3) is 0 Å². The SMILES string of the molecule is CC(Nc1nccnc1N)c1ccc(Cl)cc1Cl. The maximum atomic E-state index is 6.14. The van der Waals surface area contributed by atoms with Gasteiger partial charge in [-0.3, -0.25) is 0 Å². The second kappa shape index (κ2) is 5.42. The molecule has 3 N–H and O–H groups in total. The summed E-state index contributed by atoms with van der Waals surface area (Å²) in [6.45, 7) is 1.96. The topological polar surface area (TPSA) is 63.8 Å². The lowest BCUT2D eigenvalue weighted by Gasteiger charge is -2.17. The second-order valence-electron chi connectivity index (χ2n) is 3.82. The zero-order valence-electron chi connectivity index (χ0n) is 9.69. The fourth-order valence-corrected chi connectivity index (χ4v) is 2.17. The summed E-state index contributed by atoms with van der Waals surface area (Å²) in [5, 5.41) is 4.37. The molecule has 1 atom stereocenters. The summed E-state index contributed by atoms with van der Waals surface area (Å²) >= 11 is 12.0. The maximum Gasteiger partial charge on any atom is 0.169 e. The van der Waals surface area contributed by atoms with Crippen LogP contribution in [-0.2, 0) is 0 Å². The molecule has 0 bridgehead atoms. The van der Waals surface area contributed by atoms with E-state index >= 15 is 0 Å². The molecule has 1 aromatic carbocycles. The molecule has 0 fully saturated rings. The number of anilines is 2. The molecule has 0 aliphatic rings. The highest BCUT2D eigenvalue weighted by Gasteiger charge is 2.12. The third-order valence-corrected chi connectivity index (χ3v) is 3.07. The van der Waals surface area contributed by atoms with Crippen LogP contribution in [0.1, 0.15) is 18.5 Å². The summed E-state index contributed by atoms with van der Waals surface area (Å²) < 4.78 is 0. The van der Waals surface area contributed by atoms with E-state index in [0.29, 0.717) is 21.7 Å². The van der Waals surface area contributed by atoms with E-state index in [-0.39, 0.29) is 6.04 Å². The average molecular weight is 283 g/mol. The van der Waals surface area contributed by atoms with E-state index in [2.05, 4.69) is 15.3 Å². The quantitative estimate of drug-likeness (QED) is 0.904. The van der Waals surface area contributed by atoms with Gasteiger partial charge in [-0.25, -0.2) is 9.97 Å². The Morgan fingerprint density at radius 3 is 2.61 bits per heavy atom. The molecule has 1 aromatic heterocycles. The smallest absolute Gasteiger partial charge is 0.169 e. The molecule has 0 aliphatic carbocycles. The third-order valence-electron chi connectivity index (χ3n) is 2.51. The van der Waals surface area contributed by atoms with Crippen LogP contribution >= 0.6 is 23.2 Å². The molecule has 0 saturated carbocycles. The summed E-state index contributed by atoms with van der Waals surface area (Å²) in [6.07, 6.45) is 3.12. The first kappa shape index (κ1) is 12.9. The van der Waals surface area contributed by atoms with Crippen LogP contribution in [0.5, 0.6) is 0 Å². The van der Waals surface area contributed by atoms with Gasteiger partial charge in [0.2, 0.25) is 0 Å². The van der Waals surface area contributed by atoms with Crippen molar-refractivity contribution in [3.05, 3.63) is 46.2 Å². The molecule has 94 valence electrons. The van der Waals surface area contributed by atoms with E-state index in [0.717, 1.165) is 5.56 Å². The van der Waals surface area contributed by atoms with Crippen molar-refractivity contribution < 1.29 is 0 Å². The number of nitrogens with zero attached hydrogens (tertiary/aromatic N) is 2. The Morgan fingerprint density at radius 2 is 1.94 bits per heavy atom. The molecular formula is C12H12Cl2N4. The molecule has 4 nitrogen and oxygen atoms in total. The van der Waals surface area contributed by atoms with Crippen LogP contribution in [0.2, 0.25) is 10.0 Å². The number of nitrogens with two attached hydrogens (primary N) is 1. The zero-order chi connectivity index (χ0) is 13.1. The number of hydrogen-bond donors (Lipinski definition) is 2. The van der Waals surface area contributed by atoms with Gasteiger partial charge in [0, 0.05) is 22.4 Å². The monoisotopic (exact) mass is 282 g/mol. The van der Waals surface area contributed by atoms with Gasteiger partial charge in [-0.05, 0) is 24.6 Å². The van der Waals surface area contributed by atoms with Gasteiger partial charge in [0.25, 0.3) is 0 Å². The highest BCUT2D eigenvalue weighted by Crippen LogP contribution is 2.28. The van der Waals surface area contributed by atoms with Crippen LogP contribution in [0.15, 0.2) is 30.6 Å². The summed E-state index contributed by atoms with van der Waals surface area (Å²) in [6, 6.07) is 5.32. The van der Waals surface area contributed by atoms with Gasteiger partial charge in [0.1, 0.15) is 0 Å². The molecule has 0 spiro atoms. The van der Waals surface area contributed by atoms with Crippen LogP contribution in [0.4, 0.5) is 11.6 Å². The average Bonchev–Trinajstić information content (AvgIpc) is 2.32. The van der Waals surface area contributed by atoms with Gasteiger partial charge < -0.3 is 11.1 Å². The Morgan fingerprint density at radius 1 is 1.22 bits per heavy atom. The summed E-state index contributed by atoms with van der Waals surface area (Å²) in [7, 11) is 0. The number of benzene rings is 1. The van der Waals surface area contributed by atoms with Gasteiger partial charge >= 0.3 is 0 Å². The maximum absolute atomic E-state index is 6.14. The minimum atomic E-state index is -0.0474. The Balaban J connectivity index is 2.22. The Kier molecular flexibility index (Phi) is 3.89. The van der Waals surface area contributed by atoms with Gasteiger partial charge in [-0.2, -0.15) is 0 Å². The normalized spacial score (nSPS) is 12.2. The van der Waals surface area contributed by atoms with Crippen LogP contribution in [0, 0.1) is 0 Å². The van der Waals surface area contributed by atoms with E-state index in [1.165, 1.54) is 0 Å². The number of nitrogen functional groups attached to an aromatic ring is 1. The van der Waals surface area contributed by atoms with Gasteiger partial charge in [0.05, 0.1) is 6.04 Å². The Hall–Kier alpha value is -1.52. The van der Waals surface area contributed by atoms with E-state index in [1.807, 2.05) is 13.0 Å². The van der Waals surface area contributed by atoms with E-state index in [1.54, 1.807) is 24.5 Å².